The van der Waals surface area contributed by atoms with Crippen molar-refractivity contribution in [3.8, 4) is 5.75 Å². The van der Waals surface area contributed by atoms with Crippen LogP contribution in [0.2, 0.25) is 0 Å². The number of ether oxygens (including phenoxy) is 1. The van der Waals surface area contributed by atoms with Crippen molar-refractivity contribution >= 4 is 0 Å². The molecule has 0 radical (unpaired) electrons. The Labute approximate surface area is 97.4 Å². The monoisotopic (exact) mass is 214 g/mol. The Balaban J connectivity index is 2.31. The lowest BCUT2D eigenvalue weighted by Crippen LogP contribution is -1.97. The molecule has 84 valence electrons. The maximum atomic E-state index is 5.49. The van der Waals surface area contributed by atoms with Crippen LogP contribution in [-0.2, 0) is 6.42 Å². The van der Waals surface area contributed by atoms with Gasteiger partial charge < -0.3 is 4.74 Å². The fourth-order valence-corrected chi connectivity index (χ4v) is 2.33. The van der Waals surface area contributed by atoms with E-state index < -0.39 is 0 Å². The van der Waals surface area contributed by atoms with Crippen molar-refractivity contribution < 1.29 is 4.74 Å². The Hall–Kier alpha value is -1.50. The van der Waals surface area contributed by atoms with Gasteiger partial charge in [-0.15, -0.1) is 0 Å². The standard InChI is InChI=1S/C15H18O/c1-11-8-12(2)15(16-3)14(9-11)10-13-6-4-5-7-13/h4-6,8-9H,7,10H2,1-3H3. The maximum Gasteiger partial charge on any atom is 0.125 e. The quantitative estimate of drug-likeness (QED) is 0.744. The van der Waals surface area contributed by atoms with Gasteiger partial charge in [0.05, 0.1) is 7.11 Å². The Kier molecular flexibility index (Phi) is 3.14. The lowest BCUT2D eigenvalue weighted by molar-refractivity contribution is 0.407. The van der Waals surface area contributed by atoms with Gasteiger partial charge in [0.2, 0.25) is 0 Å². The molecule has 1 aliphatic carbocycles. The molecule has 0 bridgehead atoms. The average molecular weight is 214 g/mol. The molecule has 0 amide bonds. The fraction of sp³-hybridized carbons (Fsp3) is 0.333. The molecule has 1 aliphatic rings. The van der Waals surface area contributed by atoms with Gasteiger partial charge in [-0.05, 0) is 37.8 Å². The number of methoxy groups -OCH3 is 1. The van der Waals surface area contributed by atoms with Gasteiger partial charge in [-0.1, -0.05) is 41.5 Å². The van der Waals surface area contributed by atoms with Crippen LogP contribution in [0.25, 0.3) is 0 Å². The van der Waals surface area contributed by atoms with Crippen molar-refractivity contribution in [1.29, 1.82) is 0 Å². The van der Waals surface area contributed by atoms with E-state index in [-0.39, 0.29) is 0 Å². The van der Waals surface area contributed by atoms with E-state index in [1.165, 1.54) is 22.3 Å². The highest BCUT2D eigenvalue weighted by molar-refractivity contribution is 5.46. The van der Waals surface area contributed by atoms with Gasteiger partial charge in [0, 0.05) is 0 Å². The molecule has 1 nitrogen and oxygen atoms in total. The molecule has 0 N–H and O–H groups in total. The van der Waals surface area contributed by atoms with Gasteiger partial charge in [-0.3, -0.25) is 0 Å². The third kappa shape index (κ3) is 2.19. The van der Waals surface area contributed by atoms with E-state index in [4.69, 9.17) is 4.74 Å². The summed E-state index contributed by atoms with van der Waals surface area (Å²) in [4.78, 5) is 0. The Morgan fingerprint density at radius 2 is 2.06 bits per heavy atom. The van der Waals surface area contributed by atoms with Crippen LogP contribution in [-0.4, -0.2) is 7.11 Å². The first kappa shape index (κ1) is 11.0. The van der Waals surface area contributed by atoms with Crippen molar-refractivity contribution in [2.75, 3.05) is 7.11 Å². The molecule has 1 aromatic carbocycles. The second kappa shape index (κ2) is 4.56. The minimum atomic E-state index is 0.999. The molecule has 0 heterocycles. The summed E-state index contributed by atoms with van der Waals surface area (Å²) in [5, 5.41) is 0. The molecular formula is C15H18O. The lowest BCUT2D eigenvalue weighted by atomic mass is 9.99. The van der Waals surface area contributed by atoms with E-state index in [1.807, 2.05) is 0 Å². The van der Waals surface area contributed by atoms with Crippen LogP contribution in [0.3, 0.4) is 0 Å². The first-order chi connectivity index (χ1) is 7.70. The van der Waals surface area contributed by atoms with E-state index >= 15 is 0 Å². The topological polar surface area (TPSA) is 9.23 Å². The SMILES string of the molecule is COc1c(C)cc(C)cc1CC1=CC=CC1. The van der Waals surface area contributed by atoms with Gasteiger partial charge in [-0.25, -0.2) is 0 Å². The summed E-state index contributed by atoms with van der Waals surface area (Å²) >= 11 is 0. The van der Waals surface area contributed by atoms with Crippen LogP contribution >= 0.6 is 0 Å². The number of rotatable bonds is 3. The van der Waals surface area contributed by atoms with E-state index in [0.29, 0.717) is 0 Å². The molecular weight excluding hydrogens is 196 g/mol. The van der Waals surface area contributed by atoms with Crippen molar-refractivity contribution in [1.82, 2.24) is 0 Å². The zero-order valence-corrected chi connectivity index (χ0v) is 10.2. The molecule has 0 unspecified atom stereocenters. The van der Waals surface area contributed by atoms with Gasteiger partial charge in [-0.2, -0.15) is 0 Å². The smallest absolute Gasteiger partial charge is 0.125 e. The average Bonchev–Trinajstić information content (AvgIpc) is 2.70. The number of aryl methyl sites for hydroxylation is 2. The molecule has 0 fully saturated rings. The molecule has 2 rings (SSSR count). The summed E-state index contributed by atoms with van der Waals surface area (Å²) in [5.74, 6) is 1.04. The zero-order chi connectivity index (χ0) is 11.5. The van der Waals surface area contributed by atoms with Crippen LogP contribution < -0.4 is 4.74 Å². The number of benzene rings is 1. The Bertz CT molecular complexity index is 453. The van der Waals surface area contributed by atoms with Gasteiger partial charge in [0.1, 0.15) is 5.75 Å². The fourth-order valence-electron chi connectivity index (χ4n) is 2.33. The van der Waals surface area contributed by atoms with Gasteiger partial charge in [0.25, 0.3) is 0 Å². The lowest BCUT2D eigenvalue weighted by Gasteiger charge is -2.13. The number of allylic oxidation sites excluding steroid dienone is 4. The molecule has 0 aromatic heterocycles. The molecule has 0 saturated carbocycles. The summed E-state index contributed by atoms with van der Waals surface area (Å²) in [6, 6.07) is 4.40. The van der Waals surface area contributed by atoms with Crippen LogP contribution in [0.1, 0.15) is 23.1 Å². The zero-order valence-electron chi connectivity index (χ0n) is 10.2. The largest absolute Gasteiger partial charge is 0.496 e. The highest BCUT2D eigenvalue weighted by Crippen LogP contribution is 2.28. The van der Waals surface area contributed by atoms with Crippen molar-refractivity contribution in [2.24, 2.45) is 0 Å². The van der Waals surface area contributed by atoms with E-state index in [0.717, 1.165) is 18.6 Å². The third-order valence-electron chi connectivity index (χ3n) is 2.97. The Morgan fingerprint density at radius 3 is 2.69 bits per heavy atom. The molecule has 16 heavy (non-hydrogen) atoms. The minimum absolute atomic E-state index is 0.999. The minimum Gasteiger partial charge on any atom is -0.496 e. The first-order valence-electron chi connectivity index (χ1n) is 5.69. The molecule has 1 aromatic rings. The highest BCUT2D eigenvalue weighted by Gasteiger charge is 2.10. The first-order valence-corrected chi connectivity index (χ1v) is 5.69. The van der Waals surface area contributed by atoms with Crippen LogP contribution in [0.15, 0.2) is 35.9 Å². The summed E-state index contributed by atoms with van der Waals surface area (Å²) in [5.41, 5.74) is 5.29. The second-order valence-corrected chi connectivity index (χ2v) is 4.41. The summed E-state index contributed by atoms with van der Waals surface area (Å²) in [7, 11) is 1.75. The predicted molar refractivity (Wildman–Crippen MR) is 68.0 cm³/mol. The number of hydrogen-bond acceptors (Lipinski definition) is 1. The third-order valence-corrected chi connectivity index (χ3v) is 2.97. The normalized spacial score (nSPS) is 14.1. The van der Waals surface area contributed by atoms with E-state index in [2.05, 4.69) is 44.2 Å². The predicted octanol–water partition coefficient (Wildman–Crippen LogP) is 3.74. The summed E-state index contributed by atoms with van der Waals surface area (Å²) in [6.45, 7) is 4.24. The van der Waals surface area contributed by atoms with Gasteiger partial charge in [0.15, 0.2) is 0 Å². The van der Waals surface area contributed by atoms with E-state index in [1.54, 1.807) is 7.11 Å². The summed E-state index contributed by atoms with van der Waals surface area (Å²) in [6.07, 6.45) is 8.61. The van der Waals surface area contributed by atoms with E-state index in [9.17, 15) is 0 Å². The Morgan fingerprint density at radius 1 is 1.25 bits per heavy atom. The van der Waals surface area contributed by atoms with Crippen LogP contribution in [0.5, 0.6) is 5.75 Å². The molecule has 0 atom stereocenters. The van der Waals surface area contributed by atoms with Gasteiger partial charge >= 0.3 is 0 Å². The van der Waals surface area contributed by atoms with Crippen molar-refractivity contribution in [3.63, 3.8) is 0 Å². The van der Waals surface area contributed by atoms with Crippen LogP contribution in [0.4, 0.5) is 0 Å². The molecule has 0 aliphatic heterocycles. The van der Waals surface area contributed by atoms with Crippen molar-refractivity contribution in [2.45, 2.75) is 26.7 Å². The molecule has 1 heteroatoms. The molecule has 0 spiro atoms. The van der Waals surface area contributed by atoms with Crippen LogP contribution in [0, 0.1) is 13.8 Å². The van der Waals surface area contributed by atoms with Crippen molar-refractivity contribution in [3.05, 3.63) is 52.6 Å². The molecule has 0 saturated heterocycles. The number of hydrogen-bond donors (Lipinski definition) is 0. The maximum absolute atomic E-state index is 5.49. The second-order valence-electron chi connectivity index (χ2n) is 4.41. The summed E-state index contributed by atoms with van der Waals surface area (Å²) < 4.78 is 5.49. The highest BCUT2D eigenvalue weighted by atomic mass is 16.5.